The maximum Gasteiger partial charge on any atom is 0.220 e. The number of amides is 1. The van der Waals surface area contributed by atoms with Crippen molar-refractivity contribution in [3.05, 3.63) is 36.5 Å². The van der Waals surface area contributed by atoms with Crippen molar-refractivity contribution in [1.82, 2.24) is 5.32 Å². The number of unbranched alkanes of at least 4 members (excludes halogenated alkanes) is 28. The first-order valence-electron chi connectivity index (χ1n) is 32.2. The van der Waals surface area contributed by atoms with Crippen LogP contribution < -0.4 is 5.32 Å². The molecule has 0 saturated carbocycles. The van der Waals surface area contributed by atoms with E-state index in [0.717, 1.165) is 44.9 Å². The number of allylic oxidation sites excluding steroid dienone is 5. The monoisotopic (exact) mass is 1170 g/mol. The van der Waals surface area contributed by atoms with Crippen molar-refractivity contribution in [2.24, 2.45) is 0 Å². The molecule has 0 radical (unpaired) electrons. The maximum absolute atomic E-state index is 13.3. The van der Waals surface area contributed by atoms with E-state index in [4.69, 9.17) is 28.4 Å². The van der Waals surface area contributed by atoms with E-state index in [2.05, 4.69) is 43.5 Å². The largest absolute Gasteiger partial charge is 0.394 e. The number of rotatable bonds is 48. The van der Waals surface area contributed by atoms with Crippen molar-refractivity contribution in [2.45, 2.75) is 330 Å². The fourth-order valence-electron chi connectivity index (χ4n) is 10.9. The summed E-state index contributed by atoms with van der Waals surface area (Å²) in [7, 11) is 0. The molecular formula is C63H115NO18. The minimum Gasteiger partial charge on any atom is -0.394 e. The number of hydrogen-bond acceptors (Lipinski definition) is 18. The van der Waals surface area contributed by atoms with Crippen LogP contribution >= 0.6 is 0 Å². The van der Waals surface area contributed by atoms with Gasteiger partial charge in [-0.1, -0.05) is 217 Å². The first kappa shape index (κ1) is 74.3. The van der Waals surface area contributed by atoms with E-state index >= 15 is 0 Å². The standard InChI is InChI=1S/C63H115NO18/c1-3-5-7-9-11-13-15-16-17-18-19-20-21-22-23-24-25-26-27-28-29-30-31-33-35-37-39-41-51(69)64-46(47(68)40-38-36-34-32-14-12-10-8-6-4-2)45-77-61-57(75)54(72)59(49(43-66)79-61)82-63-58(76)55(73)60(50(44-67)80-63)81-62-56(74)53(71)52(70)48(42-65)78-62/h6,8,14,32,38,40,46-50,52-63,65-68,70-76H,3-5,7,9-13,15-31,33-37,39,41-45H2,1-2H3,(H,64,69)/b8-6+,32-14+,40-38+. The van der Waals surface area contributed by atoms with Gasteiger partial charge in [0.25, 0.3) is 0 Å². The van der Waals surface area contributed by atoms with Crippen molar-refractivity contribution in [2.75, 3.05) is 26.4 Å². The summed E-state index contributed by atoms with van der Waals surface area (Å²) in [5.74, 6) is -0.289. The van der Waals surface area contributed by atoms with Crippen molar-refractivity contribution >= 4 is 5.91 Å². The van der Waals surface area contributed by atoms with Crippen LogP contribution in [0.3, 0.4) is 0 Å². The summed E-state index contributed by atoms with van der Waals surface area (Å²) in [6.07, 6.45) is 24.6. The second kappa shape index (κ2) is 46.2. The fraction of sp³-hybridized carbons (Fsp3) is 0.889. The van der Waals surface area contributed by atoms with Gasteiger partial charge < -0.3 is 89.9 Å². The van der Waals surface area contributed by atoms with E-state index in [1.807, 2.05) is 6.08 Å². The number of aliphatic hydroxyl groups excluding tert-OH is 11. The molecule has 0 aliphatic carbocycles. The van der Waals surface area contributed by atoms with E-state index in [0.29, 0.717) is 12.8 Å². The van der Waals surface area contributed by atoms with Crippen LogP contribution in [0, 0.1) is 0 Å². The van der Waals surface area contributed by atoms with Gasteiger partial charge in [0.1, 0.15) is 73.2 Å². The Morgan fingerprint density at radius 3 is 1.21 bits per heavy atom. The first-order valence-corrected chi connectivity index (χ1v) is 32.2. The Hall–Kier alpha value is -1.99. The molecule has 0 aromatic rings. The Kier molecular flexibility index (Phi) is 41.8. The lowest BCUT2D eigenvalue weighted by Gasteiger charge is -2.48. The molecule has 0 bridgehead atoms. The summed E-state index contributed by atoms with van der Waals surface area (Å²) < 4.78 is 34.2. The minimum absolute atomic E-state index is 0.235. The highest BCUT2D eigenvalue weighted by Crippen LogP contribution is 2.33. The van der Waals surface area contributed by atoms with Gasteiger partial charge in [-0.2, -0.15) is 0 Å². The van der Waals surface area contributed by atoms with Crippen LogP contribution in [0.5, 0.6) is 0 Å². The molecule has 3 fully saturated rings. The van der Waals surface area contributed by atoms with Gasteiger partial charge in [0, 0.05) is 6.42 Å². The molecule has 0 aromatic carbocycles. The highest BCUT2D eigenvalue weighted by molar-refractivity contribution is 5.76. The molecule has 19 nitrogen and oxygen atoms in total. The highest BCUT2D eigenvalue weighted by Gasteiger charge is 2.53. The number of ether oxygens (including phenoxy) is 6. The van der Waals surface area contributed by atoms with Crippen LogP contribution in [-0.2, 0) is 33.2 Å². The molecule has 3 saturated heterocycles. The minimum atomic E-state index is -1.98. The third-order valence-corrected chi connectivity index (χ3v) is 16.2. The van der Waals surface area contributed by atoms with Gasteiger partial charge in [-0.05, 0) is 38.5 Å². The zero-order valence-corrected chi connectivity index (χ0v) is 50.2. The van der Waals surface area contributed by atoms with E-state index in [9.17, 15) is 61.0 Å². The molecular weight excluding hydrogens is 1060 g/mol. The number of nitrogens with one attached hydrogen (secondary N) is 1. The smallest absolute Gasteiger partial charge is 0.220 e. The van der Waals surface area contributed by atoms with E-state index in [1.165, 1.54) is 148 Å². The molecule has 3 heterocycles. The molecule has 3 aliphatic rings. The molecule has 3 aliphatic heterocycles. The number of hydrogen-bond donors (Lipinski definition) is 12. The summed E-state index contributed by atoms with van der Waals surface area (Å²) in [6.45, 7) is 1.58. The maximum atomic E-state index is 13.3. The summed E-state index contributed by atoms with van der Waals surface area (Å²) >= 11 is 0. The van der Waals surface area contributed by atoms with Gasteiger partial charge in [0.2, 0.25) is 5.91 Å². The second-order valence-electron chi connectivity index (χ2n) is 23.2. The predicted molar refractivity (Wildman–Crippen MR) is 314 cm³/mol. The van der Waals surface area contributed by atoms with Crippen LogP contribution in [0.25, 0.3) is 0 Å². The molecule has 0 aromatic heterocycles. The number of carbonyl (C=O) groups excluding carboxylic acids is 1. The summed E-state index contributed by atoms with van der Waals surface area (Å²) in [5, 5.41) is 120. The fourth-order valence-corrected chi connectivity index (χ4v) is 10.9. The molecule has 17 unspecified atom stereocenters. The average Bonchev–Trinajstić information content (AvgIpc) is 3.65. The molecule has 0 spiro atoms. The molecule has 12 N–H and O–H groups in total. The van der Waals surface area contributed by atoms with Crippen LogP contribution in [-0.4, -0.2) is 193 Å². The van der Waals surface area contributed by atoms with Gasteiger partial charge >= 0.3 is 0 Å². The average molecular weight is 1170 g/mol. The van der Waals surface area contributed by atoms with Crippen LogP contribution in [0.2, 0.25) is 0 Å². The Balaban J connectivity index is 1.39. The highest BCUT2D eigenvalue weighted by atomic mass is 16.8. The molecule has 3 rings (SSSR count). The lowest BCUT2D eigenvalue weighted by molar-refractivity contribution is -0.379. The number of carbonyl (C=O) groups is 1. The normalized spacial score (nSPS) is 29.8. The van der Waals surface area contributed by atoms with Crippen molar-refractivity contribution in [3.8, 4) is 0 Å². The molecule has 480 valence electrons. The molecule has 19 heteroatoms. The van der Waals surface area contributed by atoms with Gasteiger partial charge in [0.15, 0.2) is 18.9 Å². The van der Waals surface area contributed by atoms with Crippen LogP contribution in [0.4, 0.5) is 0 Å². The lowest BCUT2D eigenvalue weighted by atomic mass is 9.96. The Bertz CT molecular complexity index is 1640. The summed E-state index contributed by atoms with van der Waals surface area (Å²) in [4.78, 5) is 13.3. The third-order valence-electron chi connectivity index (χ3n) is 16.2. The molecule has 82 heavy (non-hydrogen) atoms. The quantitative estimate of drug-likeness (QED) is 0.0218. The third kappa shape index (κ3) is 29.1. The van der Waals surface area contributed by atoms with Gasteiger partial charge in [-0.3, -0.25) is 4.79 Å². The van der Waals surface area contributed by atoms with Gasteiger partial charge in [-0.25, -0.2) is 0 Å². The Labute approximate surface area is 491 Å². The first-order chi connectivity index (χ1) is 39.8. The molecule has 17 atom stereocenters. The van der Waals surface area contributed by atoms with E-state index < -0.39 is 124 Å². The summed E-state index contributed by atoms with van der Waals surface area (Å²) in [6, 6.07) is -0.992. The Morgan fingerprint density at radius 1 is 0.439 bits per heavy atom. The van der Waals surface area contributed by atoms with Crippen LogP contribution in [0.15, 0.2) is 36.5 Å². The topological polar surface area (TPSA) is 307 Å². The van der Waals surface area contributed by atoms with Gasteiger partial charge in [-0.15, -0.1) is 0 Å². The van der Waals surface area contributed by atoms with Crippen LogP contribution in [0.1, 0.15) is 226 Å². The summed E-state index contributed by atoms with van der Waals surface area (Å²) in [5.41, 5.74) is 0. The zero-order chi connectivity index (χ0) is 59.7. The lowest BCUT2D eigenvalue weighted by Crippen LogP contribution is -2.66. The number of aliphatic hydroxyl groups is 11. The van der Waals surface area contributed by atoms with Gasteiger partial charge in [0.05, 0.1) is 38.6 Å². The SMILES string of the molecule is CC/C=C/CC/C=C/CC/C=C/C(O)C(COC1OC(CO)C(OC2OC(CO)C(OC3OC(CO)C(O)C(O)C3O)C(O)C2O)C(O)C1O)NC(=O)CCCCCCCCCCCCCCCCCCCCCCCCCCCCC. The van der Waals surface area contributed by atoms with E-state index in [-0.39, 0.29) is 18.9 Å². The Morgan fingerprint density at radius 2 is 0.793 bits per heavy atom. The van der Waals surface area contributed by atoms with Crippen molar-refractivity contribution < 1.29 is 89.4 Å². The van der Waals surface area contributed by atoms with Crippen molar-refractivity contribution in [1.29, 1.82) is 0 Å². The van der Waals surface area contributed by atoms with E-state index in [1.54, 1.807) is 6.08 Å². The zero-order valence-electron chi connectivity index (χ0n) is 50.2. The van der Waals surface area contributed by atoms with Crippen molar-refractivity contribution in [3.63, 3.8) is 0 Å². The second-order valence-corrected chi connectivity index (χ2v) is 23.2. The molecule has 1 amide bonds. The predicted octanol–water partition coefficient (Wildman–Crippen LogP) is 6.88.